The predicted molar refractivity (Wildman–Crippen MR) is 73.4 cm³/mol. The van der Waals surface area contributed by atoms with Crippen molar-refractivity contribution in [1.82, 2.24) is 5.32 Å². The summed E-state index contributed by atoms with van der Waals surface area (Å²) in [6.07, 6.45) is 0. The molecule has 1 rings (SSSR count). The molecule has 1 aromatic rings. The van der Waals surface area contributed by atoms with E-state index in [1.807, 2.05) is 6.92 Å². The third kappa shape index (κ3) is 3.67. The number of nitrogens with zero attached hydrogens (tertiary/aromatic N) is 1. The van der Waals surface area contributed by atoms with Crippen LogP contribution in [0.3, 0.4) is 0 Å². The SMILES string of the molecule is CCNc1ccc([N+](=O)[O-])c(C(=O)NC(C)C(N)=O)c1. The number of carbonyl (C=O) groups excluding carboxylic acids is 2. The molecule has 1 unspecified atom stereocenters. The first-order valence-electron chi connectivity index (χ1n) is 5.99. The van der Waals surface area contributed by atoms with Crippen LogP contribution in [0.2, 0.25) is 0 Å². The Morgan fingerprint density at radius 3 is 2.60 bits per heavy atom. The lowest BCUT2D eigenvalue weighted by atomic mass is 10.1. The lowest BCUT2D eigenvalue weighted by Gasteiger charge is -2.11. The largest absolute Gasteiger partial charge is 0.385 e. The lowest BCUT2D eigenvalue weighted by Crippen LogP contribution is -2.42. The summed E-state index contributed by atoms with van der Waals surface area (Å²) in [5, 5.41) is 16.2. The zero-order valence-electron chi connectivity index (χ0n) is 11.2. The molecule has 0 bridgehead atoms. The van der Waals surface area contributed by atoms with E-state index in [0.717, 1.165) is 0 Å². The van der Waals surface area contributed by atoms with E-state index in [9.17, 15) is 19.7 Å². The van der Waals surface area contributed by atoms with Crippen LogP contribution in [0.15, 0.2) is 18.2 Å². The van der Waals surface area contributed by atoms with Crippen molar-refractivity contribution in [3.05, 3.63) is 33.9 Å². The minimum Gasteiger partial charge on any atom is -0.385 e. The maximum Gasteiger partial charge on any atom is 0.282 e. The average Bonchev–Trinajstić information content (AvgIpc) is 2.38. The molecular formula is C12H16N4O4. The Morgan fingerprint density at radius 2 is 2.10 bits per heavy atom. The van der Waals surface area contributed by atoms with Crippen LogP contribution >= 0.6 is 0 Å². The Bertz CT molecular complexity index is 544. The van der Waals surface area contributed by atoms with Gasteiger partial charge < -0.3 is 16.4 Å². The van der Waals surface area contributed by atoms with E-state index in [1.54, 1.807) is 0 Å². The van der Waals surface area contributed by atoms with Gasteiger partial charge in [0, 0.05) is 18.3 Å². The molecule has 0 saturated heterocycles. The van der Waals surface area contributed by atoms with Gasteiger partial charge in [-0.2, -0.15) is 0 Å². The lowest BCUT2D eigenvalue weighted by molar-refractivity contribution is -0.385. The van der Waals surface area contributed by atoms with E-state index in [2.05, 4.69) is 10.6 Å². The highest BCUT2D eigenvalue weighted by molar-refractivity contribution is 6.01. The van der Waals surface area contributed by atoms with E-state index in [0.29, 0.717) is 12.2 Å². The van der Waals surface area contributed by atoms with E-state index >= 15 is 0 Å². The molecule has 0 aliphatic heterocycles. The molecule has 2 amide bonds. The number of nitrogens with one attached hydrogen (secondary N) is 2. The molecule has 0 spiro atoms. The van der Waals surface area contributed by atoms with Crippen LogP contribution in [0.4, 0.5) is 11.4 Å². The summed E-state index contributed by atoms with van der Waals surface area (Å²) in [7, 11) is 0. The van der Waals surface area contributed by atoms with Gasteiger partial charge in [-0.1, -0.05) is 0 Å². The molecule has 20 heavy (non-hydrogen) atoms. The second-order valence-corrected chi connectivity index (χ2v) is 4.12. The van der Waals surface area contributed by atoms with Crippen molar-refractivity contribution < 1.29 is 14.5 Å². The fraction of sp³-hybridized carbons (Fsp3) is 0.333. The van der Waals surface area contributed by atoms with Crippen LogP contribution in [0, 0.1) is 10.1 Å². The number of nitro benzene ring substituents is 1. The first-order chi connectivity index (χ1) is 9.36. The molecule has 8 heteroatoms. The molecule has 0 heterocycles. The Balaban J connectivity index is 3.11. The predicted octanol–water partition coefficient (Wildman–Crippen LogP) is 0.630. The van der Waals surface area contributed by atoms with Crippen molar-refractivity contribution in [2.75, 3.05) is 11.9 Å². The van der Waals surface area contributed by atoms with Gasteiger partial charge in [0.1, 0.15) is 11.6 Å². The number of nitrogens with two attached hydrogens (primary N) is 1. The van der Waals surface area contributed by atoms with Crippen LogP contribution in [-0.4, -0.2) is 29.3 Å². The van der Waals surface area contributed by atoms with Crippen molar-refractivity contribution in [2.24, 2.45) is 5.73 Å². The molecule has 0 saturated carbocycles. The molecule has 0 aromatic heterocycles. The second kappa shape index (κ2) is 6.50. The molecule has 1 atom stereocenters. The number of benzene rings is 1. The normalized spacial score (nSPS) is 11.5. The summed E-state index contributed by atoms with van der Waals surface area (Å²) in [5.41, 5.74) is 5.16. The zero-order chi connectivity index (χ0) is 15.3. The molecular weight excluding hydrogens is 264 g/mol. The first-order valence-corrected chi connectivity index (χ1v) is 5.99. The van der Waals surface area contributed by atoms with Gasteiger partial charge in [-0.3, -0.25) is 19.7 Å². The Labute approximate surface area is 115 Å². The monoisotopic (exact) mass is 280 g/mol. The van der Waals surface area contributed by atoms with Crippen molar-refractivity contribution in [2.45, 2.75) is 19.9 Å². The zero-order valence-corrected chi connectivity index (χ0v) is 11.2. The smallest absolute Gasteiger partial charge is 0.282 e. The minimum absolute atomic E-state index is 0.124. The van der Waals surface area contributed by atoms with Gasteiger partial charge in [0.15, 0.2) is 0 Å². The quantitative estimate of drug-likeness (QED) is 0.520. The van der Waals surface area contributed by atoms with E-state index in [1.165, 1.54) is 25.1 Å². The maximum absolute atomic E-state index is 12.0. The number of hydrogen-bond donors (Lipinski definition) is 3. The van der Waals surface area contributed by atoms with Crippen LogP contribution in [-0.2, 0) is 4.79 Å². The third-order valence-corrected chi connectivity index (χ3v) is 2.59. The number of nitro groups is 1. The highest BCUT2D eigenvalue weighted by atomic mass is 16.6. The van der Waals surface area contributed by atoms with Crippen LogP contribution in [0.1, 0.15) is 24.2 Å². The van der Waals surface area contributed by atoms with Crippen molar-refractivity contribution >= 4 is 23.2 Å². The van der Waals surface area contributed by atoms with Gasteiger partial charge in [-0.25, -0.2) is 0 Å². The number of anilines is 1. The summed E-state index contributed by atoms with van der Waals surface area (Å²) in [6.45, 7) is 3.87. The summed E-state index contributed by atoms with van der Waals surface area (Å²) < 4.78 is 0. The van der Waals surface area contributed by atoms with Crippen molar-refractivity contribution in [3.63, 3.8) is 0 Å². The van der Waals surface area contributed by atoms with E-state index in [4.69, 9.17) is 5.73 Å². The second-order valence-electron chi connectivity index (χ2n) is 4.12. The topological polar surface area (TPSA) is 127 Å². The molecule has 0 radical (unpaired) electrons. The van der Waals surface area contributed by atoms with Gasteiger partial charge in [0.2, 0.25) is 5.91 Å². The van der Waals surface area contributed by atoms with Crippen LogP contribution in [0.25, 0.3) is 0 Å². The summed E-state index contributed by atoms with van der Waals surface area (Å²) >= 11 is 0. The van der Waals surface area contributed by atoms with Gasteiger partial charge in [0.25, 0.3) is 11.6 Å². The molecule has 0 aliphatic carbocycles. The fourth-order valence-corrected chi connectivity index (χ4v) is 1.54. The molecule has 4 N–H and O–H groups in total. The Hall–Kier alpha value is -2.64. The van der Waals surface area contributed by atoms with E-state index in [-0.39, 0.29) is 11.3 Å². The highest BCUT2D eigenvalue weighted by Gasteiger charge is 2.23. The Morgan fingerprint density at radius 1 is 1.45 bits per heavy atom. The summed E-state index contributed by atoms with van der Waals surface area (Å²) in [6, 6.07) is 3.20. The molecule has 0 aliphatic rings. The number of carbonyl (C=O) groups is 2. The molecule has 0 fully saturated rings. The number of primary amides is 1. The van der Waals surface area contributed by atoms with Crippen molar-refractivity contribution in [1.29, 1.82) is 0 Å². The van der Waals surface area contributed by atoms with Gasteiger partial charge in [0.05, 0.1) is 4.92 Å². The Kier molecular flexibility index (Phi) is 5.01. The third-order valence-electron chi connectivity index (χ3n) is 2.59. The average molecular weight is 280 g/mol. The number of hydrogen-bond acceptors (Lipinski definition) is 5. The number of amides is 2. The fourth-order valence-electron chi connectivity index (χ4n) is 1.54. The highest BCUT2D eigenvalue weighted by Crippen LogP contribution is 2.22. The van der Waals surface area contributed by atoms with Gasteiger partial charge in [-0.15, -0.1) is 0 Å². The summed E-state index contributed by atoms with van der Waals surface area (Å²) in [5.74, 6) is -1.44. The molecule has 8 nitrogen and oxygen atoms in total. The van der Waals surface area contributed by atoms with Crippen LogP contribution < -0.4 is 16.4 Å². The number of rotatable bonds is 6. The van der Waals surface area contributed by atoms with Crippen molar-refractivity contribution in [3.8, 4) is 0 Å². The summed E-state index contributed by atoms with van der Waals surface area (Å²) in [4.78, 5) is 33.2. The molecule has 108 valence electrons. The maximum atomic E-state index is 12.0. The van der Waals surface area contributed by atoms with Gasteiger partial charge in [-0.05, 0) is 26.0 Å². The standard InChI is InChI=1S/C12H16N4O4/c1-3-14-8-4-5-10(16(19)20)9(6-8)12(18)15-7(2)11(13)17/h4-7,14H,3H2,1-2H3,(H2,13,17)(H,15,18). The molecule has 1 aromatic carbocycles. The van der Waals surface area contributed by atoms with Gasteiger partial charge >= 0.3 is 0 Å². The van der Waals surface area contributed by atoms with E-state index < -0.39 is 22.8 Å². The van der Waals surface area contributed by atoms with Crippen LogP contribution in [0.5, 0.6) is 0 Å². The minimum atomic E-state index is -0.912. The first kappa shape index (κ1) is 15.4.